The summed E-state index contributed by atoms with van der Waals surface area (Å²) in [6.07, 6.45) is 1.95. The Morgan fingerprint density at radius 2 is 2.20 bits per heavy atom. The van der Waals surface area contributed by atoms with Crippen molar-refractivity contribution in [2.75, 3.05) is 0 Å². The summed E-state index contributed by atoms with van der Waals surface area (Å²) in [5.41, 5.74) is 0.802. The number of hydrogen-bond donors (Lipinski definition) is 2. The number of hydrogen-bond acceptors (Lipinski definition) is 7. The van der Waals surface area contributed by atoms with Gasteiger partial charge in [-0.25, -0.2) is 9.97 Å². The van der Waals surface area contributed by atoms with E-state index >= 15 is 0 Å². The number of nitrogens with zero attached hydrogens (tertiary/aromatic N) is 2. The molecule has 3 aromatic heterocycles. The first kappa shape index (κ1) is 15.5. The van der Waals surface area contributed by atoms with Gasteiger partial charge in [0.25, 0.3) is 5.91 Å². The zero-order valence-corrected chi connectivity index (χ0v) is 13.6. The van der Waals surface area contributed by atoms with Crippen LogP contribution < -0.4 is 10.6 Å². The third-order valence-electron chi connectivity index (χ3n) is 3.80. The molecule has 1 unspecified atom stereocenters. The van der Waals surface area contributed by atoms with Crippen molar-refractivity contribution < 1.29 is 18.8 Å². The van der Waals surface area contributed by atoms with Gasteiger partial charge in [-0.1, -0.05) is 0 Å². The monoisotopic (exact) mass is 356 g/mol. The maximum absolute atomic E-state index is 12.7. The smallest absolute Gasteiger partial charge is 0.272 e. The molecule has 0 spiro atoms. The van der Waals surface area contributed by atoms with Crippen LogP contribution in [-0.2, 0) is 9.59 Å². The van der Waals surface area contributed by atoms with E-state index in [0.29, 0.717) is 21.8 Å². The van der Waals surface area contributed by atoms with Crippen LogP contribution in [0.1, 0.15) is 23.3 Å². The topological polar surface area (TPSA) is 114 Å². The van der Waals surface area contributed by atoms with Crippen LogP contribution in [0, 0.1) is 0 Å². The molecule has 8 nitrogen and oxygen atoms in total. The standard InChI is InChI=1S/C16H12N4O4S/c21-11-4-3-9(15(22)19-11)18-16(23)12-13-8(5-7-25-13)17-14(20-12)10-2-1-6-24-10/h1-2,5-7,9H,3-4H2,(H,18,23)(H,19,21,22). The number of furan rings is 1. The lowest BCUT2D eigenvalue weighted by Gasteiger charge is -2.21. The quantitative estimate of drug-likeness (QED) is 0.687. The van der Waals surface area contributed by atoms with Crippen LogP contribution in [0.5, 0.6) is 0 Å². The van der Waals surface area contributed by atoms with E-state index in [-0.39, 0.29) is 24.4 Å². The fraction of sp³-hybridized carbons (Fsp3) is 0.188. The fourth-order valence-corrected chi connectivity index (χ4v) is 3.41. The summed E-state index contributed by atoms with van der Waals surface area (Å²) < 4.78 is 5.93. The van der Waals surface area contributed by atoms with Gasteiger partial charge in [0.05, 0.1) is 16.5 Å². The van der Waals surface area contributed by atoms with Crippen molar-refractivity contribution in [1.29, 1.82) is 0 Å². The number of fused-ring (bicyclic) bond motifs is 1. The summed E-state index contributed by atoms with van der Waals surface area (Å²) in [5.74, 6) is -0.588. The van der Waals surface area contributed by atoms with Crippen molar-refractivity contribution in [3.8, 4) is 11.6 Å². The maximum Gasteiger partial charge on any atom is 0.272 e. The minimum absolute atomic E-state index is 0.177. The molecule has 0 radical (unpaired) electrons. The molecule has 1 atom stereocenters. The molecule has 2 N–H and O–H groups in total. The van der Waals surface area contributed by atoms with Crippen LogP contribution in [0.2, 0.25) is 0 Å². The van der Waals surface area contributed by atoms with Crippen LogP contribution in [0.25, 0.3) is 21.8 Å². The van der Waals surface area contributed by atoms with Gasteiger partial charge in [-0.2, -0.15) is 0 Å². The second-order valence-corrected chi connectivity index (χ2v) is 6.40. The predicted octanol–water partition coefficient (Wildman–Crippen LogP) is 1.49. The normalized spacial score (nSPS) is 17.5. The van der Waals surface area contributed by atoms with Gasteiger partial charge >= 0.3 is 0 Å². The Labute approximate surface area is 145 Å². The predicted molar refractivity (Wildman–Crippen MR) is 88.8 cm³/mol. The molecule has 1 aliphatic heterocycles. The van der Waals surface area contributed by atoms with Crippen molar-refractivity contribution in [2.45, 2.75) is 18.9 Å². The molecule has 0 bridgehead atoms. The van der Waals surface area contributed by atoms with Crippen LogP contribution in [-0.4, -0.2) is 33.7 Å². The van der Waals surface area contributed by atoms with Gasteiger partial charge in [0.2, 0.25) is 11.8 Å². The Bertz CT molecular complexity index is 979. The average molecular weight is 356 g/mol. The number of thiophene rings is 1. The molecule has 0 aliphatic carbocycles. The molecule has 1 saturated heterocycles. The van der Waals surface area contributed by atoms with E-state index in [1.807, 2.05) is 5.38 Å². The highest BCUT2D eigenvalue weighted by Crippen LogP contribution is 2.26. The molecule has 1 aliphatic rings. The van der Waals surface area contributed by atoms with Gasteiger partial charge in [0.1, 0.15) is 11.7 Å². The van der Waals surface area contributed by atoms with E-state index in [2.05, 4.69) is 20.6 Å². The Balaban J connectivity index is 1.68. The van der Waals surface area contributed by atoms with E-state index < -0.39 is 17.9 Å². The summed E-state index contributed by atoms with van der Waals surface area (Å²) in [7, 11) is 0. The molecule has 9 heteroatoms. The lowest BCUT2D eigenvalue weighted by atomic mass is 10.1. The van der Waals surface area contributed by atoms with Crippen LogP contribution in [0.4, 0.5) is 0 Å². The molecular weight excluding hydrogens is 344 g/mol. The number of aromatic nitrogens is 2. The van der Waals surface area contributed by atoms with Gasteiger partial charge in [-0.3, -0.25) is 19.7 Å². The van der Waals surface area contributed by atoms with Gasteiger partial charge in [0, 0.05) is 6.42 Å². The van der Waals surface area contributed by atoms with Crippen molar-refractivity contribution >= 4 is 39.3 Å². The second-order valence-electron chi connectivity index (χ2n) is 5.49. The van der Waals surface area contributed by atoms with Crippen molar-refractivity contribution in [3.05, 3.63) is 35.5 Å². The van der Waals surface area contributed by atoms with E-state index in [0.717, 1.165) is 0 Å². The summed E-state index contributed by atoms with van der Waals surface area (Å²) in [6.45, 7) is 0. The lowest BCUT2D eigenvalue weighted by molar-refractivity contribution is -0.134. The summed E-state index contributed by atoms with van der Waals surface area (Å²) in [6, 6.07) is 4.44. The Kier molecular flexibility index (Phi) is 3.77. The van der Waals surface area contributed by atoms with Crippen LogP contribution in [0.15, 0.2) is 34.3 Å². The van der Waals surface area contributed by atoms with Crippen LogP contribution >= 0.6 is 11.3 Å². The third-order valence-corrected chi connectivity index (χ3v) is 4.72. The number of nitrogens with one attached hydrogen (secondary N) is 2. The molecule has 126 valence electrons. The SMILES string of the molecule is O=C1CCC(NC(=O)c2nc(-c3ccco3)nc3ccsc23)C(=O)N1. The van der Waals surface area contributed by atoms with Gasteiger partial charge < -0.3 is 9.73 Å². The van der Waals surface area contributed by atoms with Crippen LogP contribution in [0.3, 0.4) is 0 Å². The molecule has 3 amide bonds. The first-order valence-corrected chi connectivity index (χ1v) is 8.43. The number of piperidine rings is 1. The highest BCUT2D eigenvalue weighted by Gasteiger charge is 2.29. The molecule has 1 fully saturated rings. The molecule has 25 heavy (non-hydrogen) atoms. The van der Waals surface area contributed by atoms with Gasteiger partial charge in [-0.05, 0) is 30.0 Å². The number of amides is 3. The number of imide groups is 1. The van der Waals surface area contributed by atoms with E-state index in [4.69, 9.17) is 4.42 Å². The molecule has 0 aromatic carbocycles. The van der Waals surface area contributed by atoms with Crippen molar-refractivity contribution in [3.63, 3.8) is 0 Å². The molecule has 0 saturated carbocycles. The summed E-state index contributed by atoms with van der Waals surface area (Å²) in [4.78, 5) is 44.5. The zero-order chi connectivity index (χ0) is 17.4. The number of carbonyl (C=O) groups is 3. The molecule has 4 rings (SSSR count). The summed E-state index contributed by atoms with van der Waals surface area (Å²) in [5, 5.41) is 6.67. The highest BCUT2D eigenvalue weighted by atomic mass is 32.1. The average Bonchev–Trinajstić information content (AvgIpc) is 3.27. The summed E-state index contributed by atoms with van der Waals surface area (Å²) >= 11 is 1.34. The highest BCUT2D eigenvalue weighted by molar-refractivity contribution is 7.17. The molecular formula is C16H12N4O4S. The third kappa shape index (κ3) is 2.89. The molecule has 3 aromatic rings. The Hall–Kier alpha value is -3.07. The van der Waals surface area contributed by atoms with E-state index in [9.17, 15) is 14.4 Å². The first-order chi connectivity index (χ1) is 12.1. The maximum atomic E-state index is 12.7. The minimum atomic E-state index is -0.762. The second kappa shape index (κ2) is 6.10. The lowest BCUT2D eigenvalue weighted by Crippen LogP contribution is -2.52. The van der Waals surface area contributed by atoms with Gasteiger partial charge in [0.15, 0.2) is 11.6 Å². The van der Waals surface area contributed by atoms with Crippen molar-refractivity contribution in [2.24, 2.45) is 0 Å². The van der Waals surface area contributed by atoms with E-state index in [1.165, 1.54) is 17.6 Å². The van der Waals surface area contributed by atoms with Crippen molar-refractivity contribution in [1.82, 2.24) is 20.6 Å². The van der Waals surface area contributed by atoms with E-state index in [1.54, 1.807) is 18.2 Å². The van der Waals surface area contributed by atoms with Gasteiger partial charge in [-0.15, -0.1) is 11.3 Å². The number of carbonyl (C=O) groups excluding carboxylic acids is 3. The Morgan fingerprint density at radius 3 is 2.96 bits per heavy atom. The molecule has 4 heterocycles. The zero-order valence-electron chi connectivity index (χ0n) is 12.8. The number of rotatable bonds is 3. The first-order valence-electron chi connectivity index (χ1n) is 7.55. The minimum Gasteiger partial charge on any atom is -0.461 e. The fourth-order valence-electron chi connectivity index (χ4n) is 2.59. The largest absolute Gasteiger partial charge is 0.461 e. The Morgan fingerprint density at radius 1 is 1.32 bits per heavy atom.